The molecule has 2 heterocycles. The third-order valence-corrected chi connectivity index (χ3v) is 6.67. The van der Waals surface area contributed by atoms with Crippen LogP contribution in [0.1, 0.15) is 31.7 Å². The number of piperidine rings is 1. The summed E-state index contributed by atoms with van der Waals surface area (Å²) in [5.74, 6) is -2.63. The van der Waals surface area contributed by atoms with Crippen LogP contribution in [0.15, 0.2) is 30.3 Å². The molecule has 33 heavy (non-hydrogen) atoms. The Labute approximate surface area is 192 Å². The van der Waals surface area contributed by atoms with Crippen LogP contribution in [-0.2, 0) is 20.8 Å². The minimum absolute atomic E-state index is 0.0171. The zero-order valence-corrected chi connectivity index (χ0v) is 18.9. The van der Waals surface area contributed by atoms with Crippen molar-refractivity contribution in [3.63, 3.8) is 0 Å². The molecule has 180 valence electrons. The lowest BCUT2D eigenvalue weighted by Crippen LogP contribution is -2.59. The van der Waals surface area contributed by atoms with Gasteiger partial charge < -0.3 is 25.3 Å². The number of fused-ring (bicyclic) bond motifs is 1. The van der Waals surface area contributed by atoms with Crippen molar-refractivity contribution in [2.75, 3.05) is 20.1 Å². The number of likely N-dealkylation sites (tertiary alicyclic amines) is 2. The first-order valence-corrected chi connectivity index (χ1v) is 11.3. The first kappa shape index (κ1) is 24.5. The number of benzene rings is 1. The number of amides is 3. The number of hydrogen-bond acceptors (Lipinski definition) is 5. The lowest BCUT2D eigenvalue weighted by molar-refractivity contribution is -0.151. The summed E-state index contributed by atoms with van der Waals surface area (Å²) in [6.07, 6.45) is 1.76. The molecule has 1 aromatic rings. The fourth-order valence-electron chi connectivity index (χ4n) is 4.91. The van der Waals surface area contributed by atoms with Crippen LogP contribution in [-0.4, -0.2) is 88.2 Å². The van der Waals surface area contributed by atoms with Gasteiger partial charge in [-0.1, -0.05) is 30.3 Å². The lowest BCUT2D eigenvalue weighted by atomic mass is 9.91. The fourth-order valence-corrected chi connectivity index (χ4v) is 4.91. The molecule has 3 rings (SSSR count). The highest BCUT2D eigenvalue weighted by Crippen LogP contribution is 2.36. The number of nitrogens with zero attached hydrogens (tertiary/aromatic N) is 2. The molecule has 2 fully saturated rings. The Morgan fingerprint density at radius 2 is 1.85 bits per heavy atom. The quantitative estimate of drug-likeness (QED) is 0.449. The molecule has 2 aliphatic rings. The standard InChI is InChI=1S/C23H32N4O6/c1-14(25-17(21(29)30)9-8-15-6-4-3-5-7-15)20(28)27-18(22(31)32)12-16-10-11-26(13-19(16)27)23(33)24-2/h3-7,14,16-19,25H,8-13H2,1-2H3,(H,24,33)(H,29,30)(H,31,32)/t14-,16?,17?,18?,19?/m0/s1. The SMILES string of the molecule is CNC(=O)N1CCC2CC(C(=O)O)N(C(=O)[C@H](C)NC(CCc3ccccc3)C(=O)O)C2C1. The summed E-state index contributed by atoms with van der Waals surface area (Å²) in [5, 5.41) is 24.9. The second kappa shape index (κ2) is 10.7. The van der Waals surface area contributed by atoms with Gasteiger partial charge in [0.25, 0.3) is 0 Å². The van der Waals surface area contributed by atoms with Crippen molar-refractivity contribution in [3.05, 3.63) is 35.9 Å². The van der Waals surface area contributed by atoms with Crippen molar-refractivity contribution < 1.29 is 29.4 Å². The molecule has 10 heteroatoms. The number of hydrogen-bond donors (Lipinski definition) is 4. The highest BCUT2D eigenvalue weighted by molar-refractivity contribution is 5.88. The predicted molar refractivity (Wildman–Crippen MR) is 120 cm³/mol. The Balaban J connectivity index is 1.71. The summed E-state index contributed by atoms with van der Waals surface area (Å²) in [5.41, 5.74) is 0.995. The predicted octanol–water partition coefficient (Wildman–Crippen LogP) is 0.766. The molecule has 0 aromatic heterocycles. The second-order valence-electron chi connectivity index (χ2n) is 8.76. The molecule has 1 aromatic carbocycles. The number of carbonyl (C=O) groups is 4. The molecule has 0 spiro atoms. The van der Waals surface area contributed by atoms with E-state index in [2.05, 4.69) is 10.6 Å². The van der Waals surface area contributed by atoms with Crippen LogP contribution in [0, 0.1) is 5.92 Å². The summed E-state index contributed by atoms with van der Waals surface area (Å²) >= 11 is 0. The van der Waals surface area contributed by atoms with Gasteiger partial charge in [-0.3, -0.25) is 14.9 Å². The number of carbonyl (C=O) groups excluding carboxylic acids is 2. The van der Waals surface area contributed by atoms with Crippen molar-refractivity contribution in [1.82, 2.24) is 20.4 Å². The first-order chi connectivity index (χ1) is 15.7. The van der Waals surface area contributed by atoms with Crippen molar-refractivity contribution >= 4 is 23.9 Å². The van der Waals surface area contributed by atoms with Crippen LogP contribution in [0.5, 0.6) is 0 Å². The highest BCUT2D eigenvalue weighted by Gasteiger charge is 2.50. The Kier molecular flexibility index (Phi) is 7.91. The van der Waals surface area contributed by atoms with Gasteiger partial charge in [0.05, 0.1) is 12.1 Å². The van der Waals surface area contributed by atoms with E-state index in [-0.39, 0.29) is 24.9 Å². The largest absolute Gasteiger partial charge is 0.480 e. The number of urea groups is 1. The number of aryl methyl sites for hydroxylation is 1. The van der Waals surface area contributed by atoms with E-state index in [1.807, 2.05) is 30.3 Å². The van der Waals surface area contributed by atoms with Crippen molar-refractivity contribution in [3.8, 4) is 0 Å². The van der Waals surface area contributed by atoms with Crippen LogP contribution in [0.25, 0.3) is 0 Å². The van der Waals surface area contributed by atoms with Gasteiger partial charge in [-0.15, -0.1) is 0 Å². The van der Waals surface area contributed by atoms with Gasteiger partial charge in [0, 0.05) is 20.1 Å². The van der Waals surface area contributed by atoms with Crippen LogP contribution in [0.2, 0.25) is 0 Å². The molecule has 2 saturated heterocycles. The summed E-state index contributed by atoms with van der Waals surface area (Å²) in [6, 6.07) is 5.95. The molecule has 4 N–H and O–H groups in total. The Bertz CT molecular complexity index is 879. The van der Waals surface area contributed by atoms with Crippen LogP contribution >= 0.6 is 0 Å². The Morgan fingerprint density at radius 1 is 1.15 bits per heavy atom. The van der Waals surface area contributed by atoms with Gasteiger partial charge in [0.15, 0.2) is 0 Å². The van der Waals surface area contributed by atoms with E-state index in [0.29, 0.717) is 25.8 Å². The number of rotatable bonds is 8. The van der Waals surface area contributed by atoms with Gasteiger partial charge in [0.2, 0.25) is 5.91 Å². The van der Waals surface area contributed by atoms with E-state index in [9.17, 15) is 29.4 Å². The van der Waals surface area contributed by atoms with Crippen LogP contribution < -0.4 is 10.6 Å². The van der Waals surface area contributed by atoms with Crippen molar-refractivity contribution in [2.45, 2.75) is 56.8 Å². The molecule has 2 aliphatic heterocycles. The maximum atomic E-state index is 13.4. The van der Waals surface area contributed by atoms with E-state index in [4.69, 9.17) is 0 Å². The molecule has 5 atom stereocenters. The maximum absolute atomic E-state index is 13.4. The minimum atomic E-state index is -1.09. The highest BCUT2D eigenvalue weighted by atomic mass is 16.4. The molecule has 0 bridgehead atoms. The summed E-state index contributed by atoms with van der Waals surface area (Å²) < 4.78 is 0. The van der Waals surface area contributed by atoms with E-state index in [1.165, 1.54) is 11.9 Å². The molecular formula is C23H32N4O6. The average Bonchev–Trinajstić information content (AvgIpc) is 3.20. The van der Waals surface area contributed by atoms with E-state index < -0.39 is 42.0 Å². The minimum Gasteiger partial charge on any atom is -0.480 e. The van der Waals surface area contributed by atoms with Crippen molar-refractivity contribution in [1.29, 1.82) is 0 Å². The average molecular weight is 461 g/mol. The summed E-state index contributed by atoms with van der Waals surface area (Å²) in [7, 11) is 1.53. The molecule has 0 aliphatic carbocycles. The number of nitrogens with one attached hydrogen (secondary N) is 2. The van der Waals surface area contributed by atoms with Crippen LogP contribution in [0.3, 0.4) is 0 Å². The molecule has 0 radical (unpaired) electrons. The normalized spacial score (nSPS) is 24.0. The molecular weight excluding hydrogens is 428 g/mol. The maximum Gasteiger partial charge on any atom is 0.326 e. The van der Waals surface area contributed by atoms with Crippen LogP contribution in [0.4, 0.5) is 4.79 Å². The van der Waals surface area contributed by atoms with Gasteiger partial charge in [-0.2, -0.15) is 0 Å². The second-order valence-corrected chi connectivity index (χ2v) is 8.76. The summed E-state index contributed by atoms with van der Waals surface area (Å²) in [6.45, 7) is 2.32. The first-order valence-electron chi connectivity index (χ1n) is 11.3. The topological polar surface area (TPSA) is 139 Å². The van der Waals surface area contributed by atoms with E-state index in [0.717, 1.165) is 5.56 Å². The molecule has 4 unspecified atom stereocenters. The molecule has 10 nitrogen and oxygen atoms in total. The number of carboxylic acid groups (broad SMARTS) is 2. The van der Waals surface area contributed by atoms with Gasteiger partial charge >= 0.3 is 18.0 Å². The monoisotopic (exact) mass is 460 g/mol. The van der Waals surface area contributed by atoms with E-state index in [1.54, 1.807) is 11.8 Å². The third-order valence-electron chi connectivity index (χ3n) is 6.67. The molecule has 3 amide bonds. The smallest absolute Gasteiger partial charge is 0.326 e. The Morgan fingerprint density at radius 3 is 2.45 bits per heavy atom. The number of carboxylic acids is 2. The number of aliphatic carboxylic acids is 2. The third kappa shape index (κ3) is 5.62. The van der Waals surface area contributed by atoms with Gasteiger partial charge in [0.1, 0.15) is 12.1 Å². The van der Waals surface area contributed by atoms with Crippen molar-refractivity contribution in [2.24, 2.45) is 5.92 Å². The zero-order valence-electron chi connectivity index (χ0n) is 18.9. The van der Waals surface area contributed by atoms with E-state index >= 15 is 0 Å². The van der Waals surface area contributed by atoms with Gasteiger partial charge in [-0.05, 0) is 44.1 Å². The molecule has 0 saturated carbocycles. The zero-order chi connectivity index (χ0) is 24.1. The lowest BCUT2D eigenvalue weighted by Gasteiger charge is -2.39. The fraction of sp³-hybridized carbons (Fsp3) is 0.565. The Hall–Kier alpha value is -3.14. The summed E-state index contributed by atoms with van der Waals surface area (Å²) in [4.78, 5) is 52.2. The van der Waals surface area contributed by atoms with Gasteiger partial charge in [-0.25, -0.2) is 9.59 Å².